The molecule has 2 rings (SSSR count). The van der Waals surface area contributed by atoms with E-state index in [-0.39, 0.29) is 4.90 Å². The van der Waals surface area contributed by atoms with Crippen LogP contribution in [0.2, 0.25) is 5.02 Å². The number of rotatable bonds is 3. The van der Waals surface area contributed by atoms with Crippen molar-refractivity contribution in [2.45, 2.75) is 11.8 Å². The third kappa shape index (κ3) is 3.67. The van der Waals surface area contributed by atoms with Gasteiger partial charge in [-0.05, 0) is 65.4 Å². The zero-order valence-electron chi connectivity index (χ0n) is 10.9. The smallest absolute Gasteiger partial charge is 0.262 e. The molecule has 0 fully saturated rings. The molecule has 0 radical (unpaired) electrons. The molecule has 0 aliphatic heterocycles. The van der Waals surface area contributed by atoms with Crippen LogP contribution in [0.15, 0.2) is 41.3 Å². The first-order valence-electron chi connectivity index (χ1n) is 5.82. The summed E-state index contributed by atoms with van der Waals surface area (Å²) in [5.41, 5.74) is 1.32. The van der Waals surface area contributed by atoms with E-state index in [0.717, 1.165) is 0 Å². The molecule has 0 bridgehead atoms. The summed E-state index contributed by atoms with van der Waals surface area (Å²) in [7, 11) is -3.76. The zero-order chi connectivity index (χ0) is 15.6. The fraction of sp³-hybridized carbons (Fsp3) is 0.0714. The number of aryl methyl sites for hydroxylation is 1. The van der Waals surface area contributed by atoms with E-state index in [2.05, 4.69) is 4.72 Å². The first-order chi connectivity index (χ1) is 9.83. The van der Waals surface area contributed by atoms with E-state index >= 15 is 0 Å². The van der Waals surface area contributed by atoms with Gasteiger partial charge in [0.2, 0.25) is 0 Å². The number of hydrogen-bond acceptors (Lipinski definition) is 3. The second-order valence-corrected chi connectivity index (χ2v) is 7.57. The minimum absolute atomic E-state index is 0.0901. The number of nitrogens with zero attached hydrogens (tertiary/aromatic N) is 1. The first kappa shape index (κ1) is 16.1. The second-order valence-electron chi connectivity index (χ2n) is 4.32. The van der Waals surface area contributed by atoms with Crippen molar-refractivity contribution in [2.24, 2.45) is 0 Å². The van der Waals surface area contributed by atoms with Gasteiger partial charge in [-0.3, -0.25) is 4.72 Å². The number of hydrogen-bond donors (Lipinski definition) is 1. The van der Waals surface area contributed by atoms with Crippen molar-refractivity contribution in [1.82, 2.24) is 0 Å². The maximum absolute atomic E-state index is 12.5. The van der Waals surface area contributed by atoms with Gasteiger partial charge < -0.3 is 0 Å². The standard InChI is InChI=1S/C14H10ClIN2O2S/c1-9-2-3-10(8-17)6-14(9)21(19,20)18-13-5-4-11(15)7-12(13)16/h2-7,18H,1H3. The van der Waals surface area contributed by atoms with Gasteiger partial charge >= 0.3 is 0 Å². The van der Waals surface area contributed by atoms with Gasteiger partial charge in [0.1, 0.15) is 0 Å². The van der Waals surface area contributed by atoms with Crippen LogP contribution >= 0.6 is 34.2 Å². The molecule has 0 heterocycles. The highest BCUT2D eigenvalue weighted by molar-refractivity contribution is 14.1. The Labute approximate surface area is 141 Å². The number of anilines is 1. The molecule has 21 heavy (non-hydrogen) atoms. The van der Waals surface area contributed by atoms with Gasteiger partial charge in [-0.25, -0.2) is 8.42 Å². The number of nitrogens with one attached hydrogen (secondary N) is 1. The summed E-state index contributed by atoms with van der Waals surface area (Å²) in [5, 5.41) is 9.43. The van der Waals surface area contributed by atoms with Crippen LogP contribution in [0, 0.1) is 21.8 Å². The maximum Gasteiger partial charge on any atom is 0.262 e. The van der Waals surface area contributed by atoms with Crippen LogP contribution in [0.3, 0.4) is 0 Å². The van der Waals surface area contributed by atoms with Gasteiger partial charge in [0.25, 0.3) is 10.0 Å². The predicted octanol–water partition coefficient (Wildman–Crippen LogP) is 3.93. The maximum atomic E-state index is 12.5. The van der Waals surface area contributed by atoms with Crippen molar-refractivity contribution >= 4 is 49.9 Å². The molecule has 0 amide bonds. The minimum atomic E-state index is -3.76. The van der Waals surface area contributed by atoms with Crippen LogP contribution in [0.5, 0.6) is 0 Å². The van der Waals surface area contributed by atoms with Crippen molar-refractivity contribution in [3.63, 3.8) is 0 Å². The van der Waals surface area contributed by atoms with Crippen molar-refractivity contribution in [3.05, 3.63) is 56.1 Å². The molecule has 2 aromatic carbocycles. The molecule has 0 unspecified atom stereocenters. The van der Waals surface area contributed by atoms with Crippen molar-refractivity contribution in [1.29, 1.82) is 5.26 Å². The highest BCUT2D eigenvalue weighted by atomic mass is 127. The molecule has 108 valence electrons. The van der Waals surface area contributed by atoms with Crippen LogP contribution in [-0.2, 0) is 10.0 Å². The molecule has 0 aliphatic carbocycles. The first-order valence-corrected chi connectivity index (χ1v) is 8.76. The summed E-state index contributed by atoms with van der Waals surface area (Å²) >= 11 is 7.86. The molecule has 7 heteroatoms. The minimum Gasteiger partial charge on any atom is -0.279 e. The van der Waals surface area contributed by atoms with E-state index in [9.17, 15) is 8.42 Å². The molecule has 0 aromatic heterocycles. The average Bonchev–Trinajstić information content (AvgIpc) is 2.42. The lowest BCUT2D eigenvalue weighted by Crippen LogP contribution is -2.15. The van der Waals surface area contributed by atoms with Crippen LogP contribution < -0.4 is 4.72 Å². The van der Waals surface area contributed by atoms with Gasteiger partial charge in [0.05, 0.1) is 22.2 Å². The summed E-state index contributed by atoms with van der Waals surface area (Å²) < 4.78 is 28.2. The summed E-state index contributed by atoms with van der Waals surface area (Å²) in [6, 6.07) is 11.4. The fourth-order valence-corrected chi connectivity index (χ4v) is 4.27. The summed E-state index contributed by atoms with van der Waals surface area (Å²) in [6.07, 6.45) is 0. The Bertz CT molecular complexity index is 845. The fourth-order valence-electron chi connectivity index (χ4n) is 1.73. The van der Waals surface area contributed by atoms with Crippen molar-refractivity contribution in [2.75, 3.05) is 4.72 Å². The van der Waals surface area contributed by atoms with Crippen molar-refractivity contribution in [3.8, 4) is 6.07 Å². The number of benzene rings is 2. The Morgan fingerprint density at radius 3 is 2.57 bits per heavy atom. The Hall–Kier alpha value is -1.30. The topological polar surface area (TPSA) is 70.0 Å². The Kier molecular flexibility index (Phi) is 4.76. The molecule has 0 atom stereocenters. The van der Waals surface area contributed by atoms with E-state index in [0.29, 0.717) is 25.4 Å². The molecule has 4 nitrogen and oxygen atoms in total. The van der Waals surface area contributed by atoms with E-state index in [1.165, 1.54) is 6.07 Å². The van der Waals surface area contributed by atoms with E-state index in [1.807, 2.05) is 28.7 Å². The molecule has 1 N–H and O–H groups in total. The quantitative estimate of drug-likeness (QED) is 0.747. The Morgan fingerprint density at radius 1 is 1.24 bits per heavy atom. The highest BCUT2D eigenvalue weighted by Crippen LogP contribution is 2.26. The number of nitriles is 1. The normalized spacial score (nSPS) is 11.0. The largest absolute Gasteiger partial charge is 0.279 e. The van der Waals surface area contributed by atoms with Gasteiger partial charge in [-0.2, -0.15) is 5.26 Å². The van der Waals surface area contributed by atoms with E-state index in [4.69, 9.17) is 16.9 Å². The van der Waals surface area contributed by atoms with Crippen LogP contribution in [0.1, 0.15) is 11.1 Å². The third-order valence-corrected chi connectivity index (χ3v) is 5.42. The lowest BCUT2D eigenvalue weighted by Gasteiger charge is -2.12. The van der Waals surface area contributed by atoms with Gasteiger partial charge in [0, 0.05) is 8.59 Å². The summed E-state index contributed by atoms with van der Waals surface area (Å²) in [5.74, 6) is 0. The molecule has 0 saturated heterocycles. The lowest BCUT2D eigenvalue weighted by atomic mass is 10.2. The molecular formula is C14H10ClIN2O2S. The zero-order valence-corrected chi connectivity index (χ0v) is 14.6. The monoisotopic (exact) mass is 432 g/mol. The van der Waals surface area contributed by atoms with Gasteiger partial charge in [0.15, 0.2) is 0 Å². The van der Waals surface area contributed by atoms with Crippen LogP contribution in [-0.4, -0.2) is 8.42 Å². The molecule has 2 aromatic rings. The highest BCUT2D eigenvalue weighted by Gasteiger charge is 2.18. The molecule has 0 aliphatic rings. The van der Waals surface area contributed by atoms with Crippen LogP contribution in [0.25, 0.3) is 0 Å². The Balaban J connectivity index is 2.46. The Morgan fingerprint density at radius 2 is 1.95 bits per heavy atom. The van der Waals surface area contributed by atoms with E-state index < -0.39 is 10.0 Å². The second kappa shape index (κ2) is 6.22. The summed E-state index contributed by atoms with van der Waals surface area (Å²) in [4.78, 5) is 0.0901. The van der Waals surface area contributed by atoms with E-state index in [1.54, 1.807) is 37.3 Å². The van der Waals surface area contributed by atoms with Gasteiger partial charge in [-0.1, -0.05) is 17.7 Å². The predicted molar refractivity (Wildman–Crippen MR) is 90.9 cm³/mol. The SMILES string of the molecule is Cc1ccc(C#N)cc1S(=O)(=O)Nc1ccc(Cl)cc1I. The van der Waals surface area contributed by atoms with Gasteiger partial charge in [-0.15, -0.1) is 0 Å². The van der Waals surface area contributed by atoms with Crippen molar-refractivity contribution < 1.29 is 8.42 Å². The summed E-state index contributed by atoms with van der Waals surface area (Å²) in [6.45, 7) is 1.68. The number of halogens is 2. The molecular weight excluding hydrogens is 423 g/mol. The average molecular weight is 433 g/mol. The lowest BCUT2D eigenvalue weighted by molar-refractivity contribution is 0.600. The third-order valence-electron chi connectivity index (χ3n) is 2.78. The van der Waals surface area contributed by atoms with Crippen LogP contribution in [0.4, 0.5) is 5.69 Å². The molecule has 0 spiro atoms. The molecule has 0 saturated carbocycles. The number of sulfonamides is 1.